The summed E-state index contributed by atoms with van der Waals surface area (Å²) in [6.07, 6.45) is 2.49. The van der Waals surface area contributed by atoms with Crippen LogP contribution in [0.5, 0.6) is 5.75 Å². The Morgan fingerprint density at radius 2 is 2.14 bits per heavy atom. The van der Waals surface area contributed by atoms with Crippen LogP contribution in [0.2, 0.25) is 0 Å². The second kappa shape index (κ2) is 6.67. The lowest BCUT2D eigenvalue weighted by molar-refractivity contribution is 0.0696. The number of aromatic nitrogens is 3. The first kappa shape index (κ1) is 17.5. The number of carbonyl (C=O) groups is 1. The third kappa shape index (κ3) is 2.63. The number of fused-ring (bicyclic) bond motifs is 3. The Hall–Kier alpha value is -3.92. The van der Waals surface area contributed by atoms with Crippen molar-refractivity contribution in [2.75, 3.05) is 7.11 Å². The Bertz CT molecular complexity index is 1280. The van der Waals surface area contributed by atoms with E-state index in [0.29, 0.717) is 11.3 Å². The van der Waals surface area contributed by atoms with Crippen LogP contribution >= 0.6 is 0 Å². The number of nitriles is 1. The average Bonchev–Trinajstić information content (AvgIpc) is 3.16. The largest absolute Gasteiger partial charge is 0.496 e. The van der Waals surface area contributed by atoms with E-state index in [1.807, 2.05) is 25.1 Å². The van der Waals surface area contributed by atoms with Crippen LogP contribution in [-0.4, -0.2) is 33.4 Å². The van der Waals surface area contributed by atoms with E-state index in [2.05, 4.69) is 15.2 Å². The Labute approximate surface area is 160 Å². The molecular formula is C21H16N4O3. The smallest absolute Gasteiger partial charge is 0.337 e. The lowest BCUT2D eigenvalue weighted by atomic mass is 9.98. The van der Waals surface area contributed by atoms with Crippen molar-refractivity contribution in [3.05, 3.63) is 53.2 Å². The highest BCUT2D eigenvalue weighted by molar-refractivity contribution is 6.11. The molecule has 0 aliphatic carbocycles. The van der Waals surface area contributed by atoms with E-state index in [0.717, 1.165) is 39.5 Å². The fraction of sp³-hybridized carbons (Fsp3) is 0.143. The predicted molar refractivity (Wildman–Crippen MR) is 104 cm³/mol. The van der Waals surface area contributed by atoms with Gasteiger partial charge in [-0.15, -0.1) is 0 Å². The lowest BCUT2D eigenvalue weighted by Gasteiger charge is -2.10. The molecule has 0 spiro atoms. The average molecular weight is 372 g/mol. The van der Waals surface area contributed by atoms with Gasteiger partial charge in [-0.1, -0.05) is 13.0 Å². The molecule has 0 radical (unpaired) electrons. The Kier molecular flexibility index (Phi) is 4.17. The van der Waals surface area contributed by atoms with Crippen molar-refractivity contribution in [3.63, 3.8) is 0 Å². The first-order chi connectivity index (χ1) is 13.6. The number of benzene rings is 2. The minimum absolute atomic E-state index is 0.0505. The molecule has 0 atom stereocenters. The topological polar surface area (TPSA) is 112 Å². The lowest BCUT2D eigenvalue weighted by Crippen LogP contribution is -2.00. The summed E-state index contributed by atoms with van der Waals surface area (Å²) in [5.74, 6) is -0.374. The standard InChI is InChI=1S/C21H16N4O3/c1-3-11-6-15-16(8-18(11)28-2)23-10-17-19(15)20(25-24-17)12-4-5-13(9-22)14(7-12)21(26)27/h4-8,10H,3H2,1-2H3,(H,24,25)(H,26,27). The summed E-state index contributed by atoms with van der Waals surface area (Å²) in [4.78, 5) is 16.0. The van der Waals surface area contributed by atoms with Gasteiger partial charge in [-0.2, -0.15) is 10.4 Å². The van der Waals surface area contributed by atoms with Crippen LogP contribution in [0.25, 0.3) is 33.1 Å². The van der Waals surface area contributed by atoms with Crippen LogP contribution in [0.1, 0.15) is 28.4 Å². The van der Waals surface area contributed by atoms with E-state index >= 15 is 0 Å². The summed E-state index contributed by atoms with van der Waals surface area (Å²) >= 11 is 0. The minimum Gasteiger partial charge on any atom is -0.496 e. The van der Waals surface area contributed by atoms with Crippen molar-refractivity contribution in [1.82, 2.24) is 15.2 Å². The molecule has 0 bridgehead atoms. The molecule has 4 aromatic rings. The van der Waals surface area contributed by atoms with E-state index in [1.165, 1.54) is 12.1 Å². The second-order valence-corrected chi connectivity index (χ2v) is 6.33. The number of nitrogens with one attached hydrogen (secondary N) is 1. The molecule has 0 saturated carbocycles. The zero-order valence-electron chi connectivity index (χ0n) is 15.3. The summed E-state index contributed by atoms with van der Waals surface area (Å²) in [6, 6.07) is 10.5. The minimum atomic E-state index is -1.15. The van der Waals surface area contributed by atoms with Gasteiger partial charge >= 0.3 is 5.97 Å². The van der Waals surface area contributed by atoms with E-state index < -0.39 is 5.97 Å². The predicted octanol–water partition coefficient (Wildman–Crippen LogP) is 3.92. The number of nitrogens with zero attached hydrogens (tertiary/aromatic N) is 3. The quantitative estimate of drug-likeness (QED) is 0.561. The number of aryl methyl sites for hydroxylation is 1. The first-order valence-corrected chi connectivity index (χ1v) is 8.68. The number of hydrogen-bond donors (Lipinski definition) is 2. The molecule has 0 saturated heterocycles. The molecule has 2 aromatic heterocycles. The molecule has 4 rings (SSSR count). The van der Waals surface area contributed by atoms with Gasteiger partial charge in [0.25, 0.3) is 0 Å². The van der Waals surface area contributed by atoms with Crippen LogP contribution in [-0.2, 0) is 6.42 Å². The number of ether oxygens (including phenoxy) is 1. The van der Waals surface area contributed by atoms with E-state index in [4.69, 9.17) is 10.00 Å². The zero-order valence-corrected chi connectivity index (χ0v) is 15.3. The molecule has 2 heterocycles. The summed E-state index contributed by atoms with van der Waals surface area (Å²) < 4.78 is 5.46. The number of methoxy groups -OCH3 is 1. The molecule has 7 nitrogen and oxygen atoms in total. The molecule has 7 heteroatoms. The molecule has 2 aromatic carbocycles. The number of carboxylic acid groups (broad SMARTS) is 1. The van der Waals surface area contributed by atoms with E-state index in [9.17, 15) is 9.90 Å². The van der Waals surface area contributed by atoms with Gasteiger partial charge in [0.1, 0.15) is 17.5 Å². The van der Waals surface area contributed by atoms with Crippen molar-refractivity contribution in [1.29, 1.82) is 5.26 Å². The highest BCUT2D eigenvalue weighted by Crippen LogP contribution is 2.35. The summed E-state index contributed by atoms with van der Waals surface area (Å²) in [7, 11) is 1.63. The van der Waals surface area contributed by atoms with Crippen LogP contribution in [0, 0.1) is 11.3 Å². The number of carboxylic acids is 1. The van der Waals surface area contributed by atoms with Crippen LogP contribution in [0.4, 0.5) is 0 Å². The number of H-pyrrole nitrogens is 1. The summed E-state index contributed by atoms with van der Waals surface area (Å²) in [6.45, 7) is 2.05. The molecule has 2 N–H and O–H groups in total. The Morgan fingerprint density at radius 1 is 1.32 bits per heavy atom. The van der Waals surface area contributed by atoms with Crippen molar-refractivity contribution < 1.29 is 14.6 Å². The fourth-order valence-electron chi connectivity index (χ4n) is 3.42. The molecule has 0 fully saturated rings. The number of aromatic carboxylic acids is 1. The van der Waals surface area contributed by atoms with Crippen LogP contribution in [0.3, 0.4) is 0 Å². The van der Waals surface area contributed by atoms with Crippen molar-refractivity contribution >= 4 is 27.8 Å². The maximum absolute atomic E-state index is 11.5. The third-order valence-electron chi connectivity index (χ3n) is 4.82. The number of pyridine rings is 1. The van der Waals surface area contributed by atoms with Gasteiger partial charge in [-0.05, 0) is 30.2 Å². The van der Waals surface area contributed by atoms with Gasteiger partial charge in [-0.25, -0.2) is 4.79 Å². The van der Waals surface area contributed by atoms with Gasteiger partial charge in [0.2, 0.25) is 0 Å². The fourth-order valence-corrected chi connectivity index (χ4v) is 3.42. The van der Waals surface area contributed by atoms with Gasteiger partial charge in [0.15, 0.2) is 0 Å². The van der Waals surface area contributed by atoms with E-state index in [1.54, 1.807) is 19.4 Å². The molecule has 138 valence electrons. The third-order valence-corrected chi connectivity index (χ3v) is 4.82. The normalized spacial score (nSPS) is 10.9. The Morgan fingerprint density at radius 3 is 2.82 bits per heavy atom. The SMILES string of the molecule is CCc1cc2c(cc1OC)ncc1[nH]nc(-c3ccc(C#N)c(C(=O)O)c3)c12. The molecule has 0 unspecified atom stereocenters. The number of rotatable bonds is 4. The molecule has 0 aliphatic heterocycles. The van der Waals surface area contributed by atoms with Gasteiger partial charge in [0.05, 0.1) is 35.5 Å². The van der Waals surface area contributed by atoms with Gasteiger partial charge in [-0.3, -0.25) is 10.1 Å². The summed E-state index contributed by atoms with van der Waals surface area (Å²) in [5, 5.41) is 27.7. The monoisotopic (exact) mass is 372 g/mol. The van der Waals surface area contributed by atoms with Crippen LogP contribution in [0.15, 0.2) is 36.5 Å². The van der Waals surface area contributed by atoms with Crippen molar-refractivity contribution in [2.45, 2.75) is 13.3 Å². The highest BCUT2D eigenvalue weighted by Gasteiger charge is 2.17. The number of hydrogen-bond acceptors (Lipinski definition) is 5. The van der Waals surface area contributed by atoms with Crippen molar-refractivity contribution in [2.24, 2.45) is 0 Å². The van der Waals surface area contributed by atoms with Crippen molar-refractivity contribution in [3.8, 4) is 23.1 Å². The van der Waals surface area contributed by atoms with Crippen LogP contribution < -0.4 is 4.74 Å². The molecule has 28 heavy (non-hydrogen) atoms. The molecule has 0 amide bonds. The highest BCUT2D eigenvalue weighted by atomic mass is 16.5. The van der Waals surface area contributed by atoms with E-state index in [-0.39, 0.29) is 11.1 Å². The zero-order chi connectivity index (χ0) is 19.8. The maximum atomic E-state index is 11.5. The second-order valence-electron chi connectivity index (χ2n) is 6.33. The Balaban J connectivity index is 2.04. The molecule has 0 aliphatic rings. The summed E-state index contributed by atoms with van der Waals surface area (Å²) in [5.41, 5.74) is 3.84. The van der Waals surface area contributed by atoms with Gasteiger partial charge in [0, 0.05) is 22.4 Å². The first-order valence-electron chi connectivity index (χ1n) is 8.68. The maximum Gasteiger partial charge on any atom is 0.337 e. The molecular weight excluding hydrogens is 356 g/mol. The number of aromatic amines is 1. The van der Waals surface area contributed by atoms with Gasteiger partial charge < -0.3 is 9.84 Å².